The van der Waals surface area contributed by atoms with Crippen molar-refractivity contribution in [2.24, 2.45) is 11.3 Å². The number of hydrogen-bond acceptors (Lipinski definition) is 8. The first-order valence-corrected chi connectivity index (χ1v) is 17.4. The van der Waals surface area contributed by atoms with Crippen LogP contribution in [0.3, 0.4) is 0 Å². The Balaban J connectivity index is 1.20. The summed E-state index contributed by atoms with van der Waals surface area (Å²) in [4.78, 5) is 72.2. The summed E-state index contributed by atoms with van der Waals surface area (Å²) in [5, 5.41) is 8.24. The van der Waals surface area contributed by atoms with Crippen LogP contribution < -0.4 is 5.32 Å². The lowest BCUT2D eigenvalue weighted by Crippen LogP contribution is -2.56. The summed E-state index contributed by atoms with van der Waals surface area (Å²) in [6.45, 7) is 14.7. The van der Waals surface area contributed by atoms with E-state index in [0.717, 1.165) is 27.9 Å². The zero-order valence-electron chi connectivity index (χ0n) is 30.2. The molecule has 3 aromatic heterocycles. The number of fused-ring (bicyclic) bond motifs is 2. The summed E-state index contributed by atoms with van der Waals surface area (Å²) < 4.78 is 1.57. The number of pyridine rings is 1. The van der Waals surface area contributed by atoms with Crippen molar-refractivity contribution >= 4 is 40.2 Å². The number of rotatable bonds is 7. The van der Waals surface area contributed by atoms with Gasteiger partial charge in [-0.2, -0.15) is 5.10 Å². The molecule has 51 heavy (non-hydrogen) atoms. The van der Waals surface area contributed by atoms with Crippen LogP contribution in [0.2, 0.25) is 0 Å². The number of nitrogens with zero attached hydrogens (tertiary/aromatic N) is 7. The molecule has 2 fully saturated rings. The maximum atomic E-state index is 14.7. The van der Waals surface area contributed by atoms with Gasteiger partial charge in [0, 0.05) is 42.0 Å². The minimum absolute atomic E-state index is 0.0603. The third-order valence-electron chi connectivity index (χ3n) is 10.9. The van der Waals surface area contributed by atoms with Crippen LogP contribution in [0.4, 0.5) is 5.82 Å². The molecule has 3 aliphatic rings. The lowest BCUT2D eigenvalue weighted by molar-refractivity contribution is -0.148. The van der Waals surface area contributed by atoms with Crippen LogP contribution in [0.25, 0.3) is 22.0 Å². The average molecular weight is 687 g/mol. The molecule has 0 unspecified atom stereocenters. The van der Waals surface area contributed by atoms with Crippen LogP contribution in [-0.4, -0.2) is 82.2 Å². The first kappa shape index (κ1) is 34.0. The molecule has 0 radical (unpaired) electrons. The predicted octanol–water partition coefficient (Wildman–Crippen LogP) is 4.58. The monoisotopic (exact) mass is 686 g/mol. The van der Waals surface area contributed by atoms with Gasteiger partial charge in [-0.1, -0.05) is 24.8 Å². The minimum Gasteiger partial charge on any atom is -0.326 e. The Bertz CT molecular complexity index is 2200. The summed E-state index contributed by atoms with van der Waals surface area (Å²) >= 11 is 0. The van der Waals surface area contributed by atoms with E-state index in [9.17, 15) is 19.2 Å². The number of hydrogen-bond donors (Lipinski definition) is 1. The van der Waals surface area contributed by atoms with Gasteiger partial charge in [0.1, 0.15) is 42.0 Å². The molecule has 2 aliphatic heterocycles. The van der Waals surface area contributed by atoms with Crippen LogP contribution in [0.15, 0.2) is 36.7 Å². The fourth-order valence-electron chi connectivity index (χ4n) is 7.88. The van der Waals surface area contributed by atoms with E-state index >= 15 is 0 Å². The molecule has 262 valence electrons. The van der Waals surface area contributed by atoms with Crippen molar-refractivity contribution in [2.75, 3.05) is 5.32 Å². The fourth-order valence-corrected chi connectivity index (χ4v) is 7.88. The van der Waals surface area contributed by atoms with E-state index in [2.05, 4.69) is 37.2 Å². The van der Waals surface area contributed by atoms with Crippen LogP contribution >= 0.6 is 0 Å². The van der Waals surface area contributed by atoms with Gasteiger partial charge in [-0.25, -0.2) is 15.0 Å². The number of ketones is 1. The van der Waals surface area contributed by atoms with Crippen LogP contribution in [-0.2, 0) is 20.9 Å². The van der Waals surface area contributed by atoms with Crippen LogP contribution in [0.5, 0.6) is 0 Å². The van der Waals surface area contributed by atoms with Crippen molar-refractivity contribution < 1.29 is 19.2 Å². The number of aromatic nitrogens is 5. The molecule has 2 saturated heterocycles. The molecule has 0 spiro atoms. The number of nitrogens with one attached hydrogen (secondary N) is 1. The molecule has 4 aromatic rings. The average Bonchev–Trinajstić information content (AvgIpc) is 3.66. The molecule has 12 heteroatoms. The smallest absolute Gasteiger partial charge is 0.248 e. The first-order chi connectivity index (χ1) is 24.2. The Morgan fingerprint density at radius 3 is 2.35 bits per heavy atom. The second-order valence-corrected chi connectivity index (χ2v) is 14.7. The summed E-state index contributed by atoms with van der Waals surface area (Å²) in [7, 11) is 0. The molecular weight excluding hydrogens is 644 g/mol. The standard InChI is InChI=1S/C39H42N8O4/c1-20-9-10-23(4)42-36(20)43-37(50)30-14-21(2)24(5)46(30)38(51)31-16-39(8)12-11-32(39)47(31)33(49)19-45-35-22(3)13-27(28-17-40-26(7)41-18-28)15-29(35)34(44-45)25(6)48/h9-10,13,15,17-18,21,24,30-32H,14,16,19H2,1-8H3,(H,42,43,50)/t21-,24+,30-,31-,32+,39+/m0/s1. The van der Waals surface area contributed by atoms with Gasteiger partial charge in [0.25, 0.3) is 0 Å². The van der Waals surface area contributed by atoms with Crippen molar-refractivity contribution in [3.63, 3.8) is 0 Å². The van der Waals surface area contributed by atoms with E-state index in [1.807, 2.05) is 72.7 Å². The molecule has 7 rings (SSSR count). The van der Waals surface area contributed by atoms with Crippen LogP contribution in [0, 0.1) is 50.9 Å². The summed E-state index contributed by atoms with van der Waals surface area (Å²) in [5.74, 6) is 6.41. The highest BCUT2D eigenvalue weighted by Gasteiger charge is 2.58. The molecule has 6 atom stereocenters. The van der Waals surface area contributed by atoms with Crippen molar-refractivity contribution in [3.05, 3.63) is 65.0 Å². The zero-order valence-corrected chi connectivity index (χ0v) is 30.2. The Hall–Kier alpha value is -5.44. The summed E-state index contributed by atoms with van der Waals surface area (Å²) in [6, 6.07) is 5.39. The van der Waals surface area contributed by atoms with Gasteiger partial charge < -0.3 is 15.1 Å². The molecule has 5 heterocycles. The molecule has 0 saturated carbocycles. The number of amides is 3. The van der Waals surface area contributed by atoms with Gasteiger partial charge in [-0.05, 0) is 95.2 Å². The Kier molecular flexibility index (Phi) is 8.28. The number of Topliss-reactive ketones (excluding diaryl/α,β-unsaturated/α-hetero) is 1. The topological polar surface area (TPSA) is 143 Å². The van der Waals surface area contributed by atoms with Crippen molar-refractivity contribution in [1.29, 1.82) is 0 Å². The third-order valence-corrected chi connectivity index (χ3v) is 10.9. The van der Waals surface area contributed by atoms with Gasteiger partial charge in [-0.15, -0.1) is 0 Å². The largest absolute Gasteiger partial charge is 0.326 e. The minimum atomic E-state index is -0.833. The SMILES string of the molecule is CC(=O)c1nn(CC(=O)N2[C@H](C(=O)N3[C@H](C)[C@@H](C)C[C@H]3C(=O)Nc3nc(C)ccc3C)C[C@@]3(C)C#C[C@@H]23)c2c(C)cc(-c3cnc(C)nc3)cc12. The normalized spacial score (nSPS) is 24.9. The zero-order chi connectivity index (χ0) is 36.5. The van der Waals surface area contributed by atoms with Crippen molar-refractivity contribution in [2.45, 2.75) is 98.9 Å². The lowest BCUT2D eigenvalue weighted by Gasteiger charge is -2.36. The van der Waals surface area contributed by atoms with E-state index in [1.165, 1.54) is 6.92 Å². The molecule has 12 nitrogen and oxygen atoms in total. The van der Waals surface area contributed by atoms with E-state index in [0.29, 0.717) is 35.4 Å². The molecule has 1 aromatic carbocycles. The fraction of sp³-hybridized carbons (Fsp3) is 0.436. The number of likely N-dealkylation sites (tertiary alicyclic amines) is 2. The Labute approximate surface area is 297 Å². The third kappa shape index (κ3) is 5.74. The number of aryl methyl sites for hydroxylation is 4. The van der Waals surface area contributed by atoms with E-state index in [4.69, 9.17) is 0 Å². The Morgan fingerprint density at radius 1 is 0.961 bits per heavy atom. The number of anilines is 1. The van der Waals surface area contributed by atoms with Gasteiger partial charge in [-0.3, -0.25) is 23.9 Å². The lowest BCUT2D eigenvalue weighted by atomic mass is 9.76. The molecule has 1 aliphatic carbocycles. The quantitative estimate of drug-likeness (QED) is 0.220. The molecule has 3 amide bonds. The van der Waals surface area contributed by atoms with Crippen molar-refractivity contribution in [1.82, 2.24) is 34.5 Å². The first-order valence-electron chi connectivity index (χ1n) is 17.4. The van der Waals surface area contributed by atoms with Gasteiger partial charge >= 0.3 is 0 Å². The molecular formula is C39H42N8O4. The highest BCUT2D eigenvalue weighted by molar-refractivity contribution is 6.07. The number of carbonyl (C=O) groups excluding carboxylic acids is 4. The summed E-state index contributed by atoms with van der Waals surface area (Å²) in [6.07, 6.45) is 4.33. The molecule has 0 bridgehead atoms. The maximum absolute atomic E-state index is 14.7. The second-order valence-electron chi connectivity index (χ2n) is 14.7. The van der Waals surface area contributed by atoms with Crippen molar-refractivity contribution in [3.8, 4) is 23.0 Å². The number of carbonyl (C=O) groups is 4. The highest BCUT2D eigenvalue weighted by atomic mass is 16.2. The Morgan fingerprint density at radius 2 is 1.69 bits per heavy atom. The number of benzene rings is 1. The summed E-state index contributed by atoms with van der Waals surface area (Å²) in [5.41, 5.74) is 4.42. The van der Waals surface area contributed by atoms with Gasteiger partial charge in [0.05, 0.1) is 10.9 Å². The predicted molar refractivity (Wildman–Crippen MR) is 191 cm³/mol. The van der Waals surface area contributed by atoms with E-state index in [-0.39, 0.29) is 47.7 Å². The van der Waals surface area contributed by atoms with E-state index in [1.54, 1.807) is 26.9 Å². The second kappa shape index (κ2) is 12.4. The maximum Gasteiger partial charge on any atom is 0.248 e. The molecule has 1 N–H and O–H groups in total. The highest BCUT2D eigenvalue weighted by Crippen LogP contribution is 2.46. The van der Waals surface area contributed by atoms with Gasteiger partial charge in [0.15, 0.2) is 5.78 Å². The van der Waals surface area contributed by atoms with Crippen LogP contribution in [0.1, 0.15) is 73.7 Å². The van der Waals surface area contributed by atoms with E-state index < -0.39 is 23.5 Å². The van der Waals surface area contributed by atoms with Gasteiger partial charge in [0.2, 0.25) is 17.7 Å².